The molecule has 0 saturated carbocycles. The Balaban J connectivity index is 2.54. The van der Waals surface area contributed by atoms with Crippen LogP contribution in [0.2, 0.25) is 0 Å². The molecule has 0 heterocycles. The fourth-order valence-electron chi connectivity index (χ4n) is 1.19. The van der Waals surface area contributed by atoms with Gasteiger partial charge in [-0.3, -0.25) is 4.79 Å². The first-order chi connectivity index (χ1) is 8.56. The Morgan fingerprint density at radius 1 is 1.33 bits per heavy atom. The monoisotopic (exact) mass is 275 g/mol. The number of nitrogens with one attached hydrogen (secondary N) is 1. The molecule has 1 N–H and O–H groups in total. The van der Waals surface area contributed by atoms with Crippen molar-refractivity contribution in [2.24, 2.45) is 0 Å². The minimum absolute atomic E-state index is 0.236. The highest BCUT2D eigenvalue weighted by molar-refractivity contribution is 7.99. The molecular formula is C12H12F3NOS. The first-order valence-corrected chi connectivity index (χ1v) is 6.33. The topological polar surface area (TPSA) is 29.1 Å². The molecule has 0 radical (unpaired) electrons. The van der Waals surface area contributed by atoms with Crippen LogP contribution < -0.4 is 5.32 Å². The van der Waals surface area contributed by atoms with E-state index in [1.54, 1.807) is 17.8 Å². The van der Waals surface area contributed by atoms with Gasteiger partial charge in [-0.15, -0.1) is 6.58 Å². The average molecular weight is 275 g/mol. The lowest BCUT2D eigenvalue weighted by molar-refractivity contribution is 0.0955. The van der Waals surface area contributed by atoms with Crippen molar-refractivity contribution >= 4 is 17.7 Å². The van der Waals surface area contributed by atoms with Gasteiger partial charge >= 0.3 is 0 Å². The lowest BCUT2D eigenvalue weighted by Gasteiger charge is -2.05. The van der Waals surface area contributed by atoms with Crippen LogP contribution in [-0.4, -0.2) is 24.0 Å². The fraction of sp³-hybridized carbons (Fsp3) is 0.250. The standard InChI is InChI=1S/C12H12F3NOS/c1-2-4-18-5-3-16-12(17)8-6-9(13)11(15)10(14)7-8/h2,6-7H,1,3-5H2,(H,16,17). The van der Waals surface area contributed by atoms with E-state index in [1.165, 1.54) is 0 Å². The zero-order valence-electron chi connectivity index (χ0n) is 9.51. The van der Waals surface area contributed by atoms with E-state index in [9.17, 15) is 18.0 Å². The maximum absolute atomic E-state index is 12.9. The number of halogens is 3. The minimum Gasteiger partial charge on any atom is -0.351 e. The van der Waals surface area contributed by atoms with Gasteiger partial charge in [0.25, 0.3) is 5.91 Å². The van der Waals surface area contributed by atoms with Crippen LogP contribution in [-0.2, 0) is 0 Å². The molecule has 1 amide bonds. The van der Waals surface area contributed by atoms with E-state index in [0.29, 0.717) is 24.4 Å². The van der Waals surface area contributed by atoms with Crippen molar-refractivity contribution in [2.45, 2.75) is 0 Å². The number of benzene rings is 1. The normalized spacial score (nSPS) is 10.2. The minimum atomic E-state index is -1.58. The Bertz CT molecular complexity index is 428. The van der Waals surface area contributed by atoms with Gasteiger partial charge in [-0.25, -0.2) is 13.2 Å². The van der Waals surface area contributed by atoms with E-state index in [2.05, 4.69) is 11.9 Å². The number of carbonyl (C=O) groups is 1. The van der Waals surface area contributed by atoms with Gasteiger partial charge in [0.05, 0.1) is 0 Å². The van der Waals surface area contributed by atoms with Gasteiger partial charge in [0, 0.05) is 23.6 Å². The number of hydrogen-bond donors (Lipinski definition) is 1. The first kappa shape index (κ1) is 14.6. The van der Waals surface area contributed by atoms with Gasteiger partial charge < -0.3 is 5.32 Å². The summed E-state index contributed by atoms with van der Waals surface area (Å²) in [6, 6.07) is 1.34. The molecule has 98 valence electrons. The van der Waals surface area contributed by atoms with Gasteiger partial charge in [0.2, 0.25) is 0 Å². The highest BCUT2D eigenvalue weighted by Gasteiger charge is 2.14. The van der Waals surface area contributed by atoms with E-state index in [1.807, 2.05) is 0 Å². The molecule has 0 aliphatic heterocycles. The van der Waals surface area contributed by atoms with Crippen LogP contribution in [0.25, 0.3) is 0 Å². The largest absolute Gasteiger partial charge is 0.351 e. The molecule has 0 aliphatic carbocycles. The Labute approximate surface area is 107 Å². The summed E-state index contributed by atoms with van der Waals surface area (Å²) < 4.78 is 38.4. The lowest BCUT2D eigenvalue weighted by atomic mass is 10.2. The number of hydrogen-bond acceptors (Lipinski definition) is 2. The molecule has 0 bridgehead atoms. The molecule has 0 atom stereocenters. The van der Waals surface area contributed by atoms with E-state index >= 15 is 0 Å². The maximum Gasteiger partial charge on any atom is 0.251 e. The Morgan fingerprint density at radius 3 is 2.50 bits per heavy atom. The van der Waals surface area contributed by atoms with Crippen LogP contribution in [0.15, 0.2) is 24.8 Å². The molecule has 0 unspecified atom stereocenters. The third-order valence-electron chi connectivity index (χ3n) is 2.01. The van der Waals surface area contributed by atoms with Crippen LogP contribution in [0.4, 0.5) is 13.2 Å². The van der Waals surface area contributed by atoms with Gasteiger partial charge in [0.1, 0.15) is 0 Å². The summed E-state index contributed by atoms with van der Waals surface area (Å²) in [7, 11) is 0. The van der Waals surface area contributed by atoms with Crippen LogP contribution in [0.1, 0.15) is 10.4 Å². The summed E-state index contributed by atoms with van der Waals surface area (Å²) in [4.78, 5) is 11.5. The predicted octanol–water partition coefficient (Wildman–Crippen LogP) is 2.75. The van der Waals surface area contributed by atoms with Gasteiger partial charge in [-0.2, -0.15) is 11.8 Å². The SMILES string of the molecule is C=CCSCCNC(=O)c1cc(F)c(F)c(F)c1. The smallest absolute Gasteiger partial charge is 0.251 e. The molecule has 0 saturated heterocycles. The molecule has 0 fully saturated rings. The Morgan fingerprint density at radius 2 is 1.94 bits per heavy atom. The second kappa shape index (κ2) is 7.10. The predicted molar refractivity (Wildman–Crippen MR) is 66.2 cm³/mol. The van der Waals surface area contributed by atoms with E-state index in [0.717, 1.165) is 5.75 Å². The summed E-state index contributed by atoms with van der Waals surface area (Å²) in [6.07, 6.45) is 1.73. The molecule has 1 rings (SSSR count). The summed E-state index contributed by atoms with van der Waals surface area (Å²) in [5.41, 5.74) is -0.236. The number of amides is 1. The second-order valence-corrected chi connectivity index (χ2v) is 4.52. The lowest BCUT2D eigenvalue weighted by Crippen LogP contribution is -2.26. The van der Waals surface area contributed by atoms with E-state index in [4.69, 9.17) is 0 Å². The number of carbonyl (C=O) groups excluding carboxylic acids is 1. The van der Waals surface area contributed by atoms with E-state index in [-0.39, 0.29) is 5.56 Å². The highest BCUT2D eigenvalue weighted by Crippen LogP contribution is 2.13. The molecule has 1 aromatic carbocycles. The number of thioether (sulfide) groups is 1. The Kier molecular flexibility index (Phi) is 5.77. The van der Waals surface area contributed by atoms with Crippen LogP contribution >= 0.6 is 11.8 Å². The van der Waals surface area contributed by atoms with Crippen LogP contribution in [0.3, 0.4) is 0 Å². The molecule has 0 aromatic heterocycles. The molecule has 2 nitrogen and oxygen atoms in total. The fourth-order valence-corrected chi connectivity index (χ4v) is 1.77. The van der Waals surface area contributed by atoms with Crippen molar-refractivity contribution < 1.29 is 18.0 Å². The van der Waals surface area contributed by atoms with E-state index < -0.39 is 23.4 Å². The third-order valence-corrected chi connectivity index (χ3v) is 2.98. The summed E-state index contributed by atoms with van der Waals surface area (Å²) >= 11 is 1.56. The van der Waals surface area contributed by atoms with Crippen molar-refractivity contribution in [3.05, 3.63) is 47.8 Å². The molecule has 0 aliphatic rings. The first-order valence-electron chi connectivity index (χ1n) is 5.17. The maximum atomic E-state index is 12.9. The average Bonchev–Trinajstić information content (AvgIpc) is 2.34. The molecule has 0 spiro atoms. The zero-order chi connectivity index (χ0) is 13.5. The third kappa shape index (κ3) is 4.10. The molecule has 6 heteroatoms. The van der Waals surface area contributed by atoms with Crippen molar-refractivity contribution in [3.63, 3.8) is 0 Å². The van der Waals surface area contributed by atoms with Crippen molar-refractivity contribution in [3.8, 4) is 0 Å². The van der Waals surface area contributed by atoms with Crippen molar-refractivity contribution in [2.75, 3.05) is 18.1 Å². The van der Waals surface area contributed by atoms with Crippen molar-refractivity contribution in [1.82, 2.24) is 5.32 Å². The molecule has 18 heavy (non-hydrogen) atoms. The molecule has 1 aromatic rings. The quantitative estimate of drug-likeness (QED) is 0.491. The zero-order valence-corrected chi connectivity index (χ0v) is 10.3. The van der Waals surface area contributed by atoms with Crippen LogP contribution in [0, 0.1) is 17.5 Å². The van der Waals surface area contributed by atoms with Gasteiger partial charge in [-0.1, -0.05) is 6.08 Å². The van der Waals surface area contributed by atoms with Gasteiger partial charge in [-0.05, 0) is 12.1 Å². The Hall–Kier alpha value is -1.43. The summed E-state index contributed by atoms with van der Waals surface area (Å²) in [5, 5.41) is 2.48. The summed E-state index contributed by atoms with van der Waals surface area (Å²) in [5.74, 6) is -3.54. The summed E-state index contributed by atoms with van der Waals surface area (Å²) in [6.45, 7) is 3.90. The molecular weight excluding hydrogens is 263 g/mol. The van der Waals surface area contributed by atoms with Gasteiger partial charge in [0.15, 0.2) is 17.5 Å². The second-order valence-electron chi connectivity index (χ2n) is 3.37. The van der Waals surface area contributed by atoms with Crippen LogP contribution in [0.5, 0.6) is 0 Å². The highest BCUT2D eigenvalue weighted by atomic mass is 32.2. The van der Waals surface area contributed by atoms with Crippen molar-refractivity contribution in [1.29, 1.82) is 0 Å². The number of rotatable bonds is 6.